The van der Waals surface area contributed by atoms with Crippen molar-refractivity contribution in [2.45, 2.75) is 18.3 Å². The van der Waals surface area contributed by atoms with Crippen molar-refractivity contribution in [3.63, 3.8) is 0 Å². The fourth-order valence-electron chi connectivity index (χ4n) is 0.602. The Kier molecular flexibility index (Phi) is 8.97. The zero-order valence-electron chi connectivity index (χ0n) is 7.00. The van der Waals surface area contributed by atoms with Crippen LogP contribution in [0.5, 0.6) is 0 Å². The molecule has 0 heterocycles. The maximum Gasteiger partial charge on any atom is 0.189 e. The molecule has 0 unspecified atom stereocenters. The normalized spacial score (nSPS) is 17.0. The van der Waals surface area contributed by atoms with Gasteiger partial charge in [0.2, 0.25) is 0 Å². The second-order valence-corrected chi connectivity index (χ2v) is 2.31. The Bertz CT molecular complexity index is 152. The third-order valence-electron chi connectivity index (χ3n) is 1.39. The van der Waals surface area contributed by atoms with Crippen LogP contribution in [0.15, 0.2) is 0 Å². The van der Waals surface area contributed by atoms with Gasteiger partial charge in [-0.3, -0.25) is 4.79 Å². The predicted molar refractivity (Wildman–Crippen MR) is 37.2 cm³/mol. The van der Waals surface area contributed by atoms with Gasteiger partial charge in [0.25, 0.3) is 0 Å². The number of ketones is 1. The van der Waals surface area contributed by atoms with Crippen molar-refractivity contribution in [1.82, 2.24) is 0 Å². The number of aliphatic hydroxyl groups is 5. The largest absolute Gasteiger partial charge is 0.394 e. The summed E-state index contributed by atoms with van der Waals surface area (Å²) in [6.45, 7) is -1.69. The van der Waals surface area contributed by atoms with Crippen LogP contribution in [0.1, 0.15) is 0 Å². The molecule has 0 saturated heterocycles. The number of rotatable bonds is 5. The number of carbonyl (C=O) groups excluding carboxylic acids is 1. The molecule has 74 valence electrons. The number of aliphatic hydroxyl groups excluding tert-OH is 5. The molecule has 0 saturated carbocycles. The molecule has 0 radical (unpaired) electrons. The van der Waals surface area contributed by atoms with Gasteiger partial charge in [0.05, 0.1) is 6.61 Å². The van der Waals surface area contributed by atoms with Gasteiger partial charge in [0.15, 0.2) is 5.78 Å². The van der Waals surface area contributed by atoms with Crippen LogP contribution in [-0.2, 0) is 24.3 Å². The van der Waals surface area contributed by atoms with Crippen LogP contribution in [0.25, 0.3) is 0 Å². The van der Waals surface area contributed by atoms with Crippen molar-refractivity contribution in [3.8, 4) is 0 Å². The van der Waals surface area contributed by atoms with Crippen LogP contribution in [0.3, 0.4) is 0 Å². The van der Waals surface area contributed by atoms with E-state index in [1.54, 1.807) is 0 Å². The molecule has 0 aromatic rings. The van der Waals surface area contributed by atoms with Gasteiger partial charge in [-0.25, -0.2) is 0 Å². The van der Waals surface area contributed by atoms with E-state index < -0.39 is 37.3 Å². The van der Waals surface area contributed by atoms with Crippen molar-refractivity contribution in [3.05, 3.63) is 0 Å². The molecule has 0 amide bonds. The average molecular weight is 246 g/mol. The molecule has 0 aromatic heterocycles. The zero-order chi connectivity index (χ0) is 9.72. The van der Waals surface area contributed by atoms with Gasteiger partial charge >= 0.3 is 0 Å². The van der Waals surface area contributed by atoms with Crippen LogP contribution in [0, 0.1) is 0 Å². The molecule has 0 rings (SSSR count). The summed E-state index contributed by atoms with van der Waals surface area (Å²) >= 11 is 0. The van der Waals surface area contributed by atoms with Crippen molar-refractivity contribution in [1.29, 1.82) is 0 Å². The minimum atomic E-state index is -1.86. The van der Waals surface area contributed by atoms with Crippen molar-refractivity contribution < 1.29 is 49.8 Å². The molecule has 0 aliphatic rings. The van der Waals surface area contributed by atoms with E-state index in [0.717, 1.165) is 0 Å². The van der Waals surface area contributed by atoms with Crippen LogP contribution in [-0.4, -0.2) is 62.8 Å². The van der Waals surface area contributed by atoms with E-state index in [-0.39, 0.29) is 19.5 Å². The molecule has 0 spiro atoms. The Morgan fingerprint density at radius 2 is 1.62 bits per heavy atom. The molecule has 5 N–H and O–H groups in total. The first-order valence-corrected chi connectivity index (χ1v) is 3.33. The van der Waals surface area contributed by atoms with Crippen LogP contribution in [0.4, 0.5) is 0 Å². The van der Waals surface area contributed by atoms with Crippen LogP contribution >= 0.6 is 0 Å². The van der Waals surface area contributed by atoms with E-state index in [9.17, 15) is 4.79 Å². The molecule has 3 atom stereocenters. The van der Waals surface area contributed by atoms with E-state index in [1.807, 2.05) is 0 Å². The van der Waals surface area contributed by atoms with Gasteiger partial charge < -0.3 is 25.5 Å². The van der Waals surface area contributed by atoms with Gasteiger partial charge in [0.1, 0.15) is 24.9 Å². The summed E-state index contributed by atoms with van der Waals surface area (Å²) in [5, 5.41) is 43.1. The van der Waals surface area contributed by atoms with E-state index in [4.69, 9.17) is 25.5 Å². The quantitative estimate of drug-likeness (QED) is 0.323. The Balaban J connectivity index is 0. The molecular weight excluding hydrogens is 233 g/mol. The van der Waals surface area contributed by atoms with Crippen LogP contribution < -0.4 is 0 Å². The first-order valence-electron chi connectivity index (χ1n) is 3.33. The monoisotopic (exact) mass is 244 g/mol. The minimum Gasteiger partial charge on any atom is -0.394 e. The summed E-state index contributed by atoms with van der Waals surface area (Å²) in [6.07, 6.45) is -5.22. The maximum absolute atomic E-state index is 10.5. The van der Waals surface area contributed by atoms with Gasteiger partial charge in [-0.1, -0.05) is 0 Å². The SMILES string of the molecule is O=C(CO)[C@H](O)[C@@H](O)[C@H](O)CO.[Zn]. The minimum absolute atomic E-state index is 0. The topological polar surface area (TPSA) is 118 Å². The van der Waals surface area contributed by atoms with Crippen molar-refractivity contribution in [2.24, 2.45) is 0 Å². The van der Waals surface area contributed by atoms with Gasteiger partial charge in [-0.15, -0.1) is 0 Å². The van der Waals surface area contributed by atoms with Gasteiger partial charge in [-0.2, -0.15) is 0 Å². The molecule has 0 fully saturated rings. The standard InChI is InChI=1S/C6H12O6.Zn/c7-1-3(9)5(11)6(12)4(10)2-8;/h3,5-9,11-12H,1-2H2;/t3-,5+,6+;/m1./s1. The predicted octanol–water partition coefficient (Wildman–Crippen LogP) is -3.38. The average Bonchev–Trinajstić information content (AvgIpc) is 2.12. The van der Waals surface area contributed by atoms with E-state index in [0.29, 0.717) is 0 Å². The Labute approximate surface area is 87.6 Å². The number of carbonyl (C=O) groups is 1. The molecule has 13 heavy (non-hydrogen) atoms. The second kappa shape index (κ2) is 7.49. The number of hydrogen-bond acceptors (Lipinski definition) is 6. The van der Waals surface area contributed by atoms with Crippen molar-refractivity contribution in [2.75, 3.05) is 13.2 Å². The molecule has 0 bridgehead atoms. The van der Waals surface area contributed by atoms with E-state index in [2.05, 4.69) is 0 Å². The molecule has 7 heteroatoms. The molecule has 6 nitrogen and oxygen atoms in total. The first kappa shape index (κ1) is 15.6. The third kappa shape index (κ3) is 4.76. The molecule has 0 aliphatic heterocycles. The Morgan fingerprint density at radius 1 is 1.15 bits per heavy atom. The van der Waals surface area contributed by atoms with Gasteiger partial charge in [0, 0.05) is 19.5 Å². The van der Waals surface area contributed by atoms with E-state index in [1.165, 1.54) is 0 Å². The smallest absolute Gasteiger partial charge is 0.189 e. The summed E-state index contributed by atoms with van der Waals surface area (Å²) in [5.74, 6) is -1.00. The molecular formula is C6H12O6Zn. The Morgan fingerprint density at radius 3 is 1.92 bits per heavy atom. The summed E-state index contributed by atoms with van der Waals surface area (Å²) in [4.78, 5) is 10.5. The number of hydrogen-bond donors (Lipinski definition) is 5. The fraction of sp³-hybridized carbons (Fsp3) is 0.833. The fourth-order valence-corrected chi connectivity index (χ4v) is 0.602. The first-order chi connectivity index (χ1) is 5.54. The third-order valence-corrected chi connectivity index (χ3v) is 1.39. The zero-order valence-corrected chi connectivity index (χ0v) is 9.96. The Hall–Kier alpha value is 0.0934. The van der Waals surface area contributed by atoms with Gasteiger partial charge in [-0.05, 0) is 0 Å². The van der Waals surface area contributed by atoms with E-state index >= 15 is 0 Å². The number of Topliss-reactive ketones (excluding diaryl/α,β-unsaturated/α-hetero) is 1. The summed E-state index contributed by atoms with van der Waals surface area (Å²) in [5.41, 5.74) is 0. The summed E-state index contributed by atoms with van der Waals surface area (Å²) in [7, 11) is 0. The summed E-state index contributed by atoms with van der Waals surface area (Å²) < 4.78 is 0. The molecule has 0 aromatic carbocycles. The van der Waals surface area contributed by atoms with Crippen LogP contribution in [0.2, 0.25) is 0 Å². The second-order valence-electron chi connectivity index (χ2n) is 2.31. The van der Waals surface area contributed by atoms with Crippen molar-refractivity contribution >= 4 is 5.78 Å². The summed E-state index contributed by atoms with van der Waals surface area (Å²) in [6, 6.07) is 0. The maximum atomic E-state index is 10.5. The molecule has 0 aliphatic carbocycles.